The fraction of sp³-hybridized carbons (Fsp3) is 0.600. The molecule has 1 atom stereocenters. The summed E-state index contributed by atoms with van der Waals surface area (Å²) in [4.78, 5) is 25.0. The van der Waals surface area contributed by atoms with Gasteiger partial charge in [-0.2, -0.15) is 0 Å². The van der Waals surface area contributed by atoms with Crippen molar-refractivity contribution in [3.8, 4) is 0 Å². The summed E-state index contributed by atoms with van der Waals surface area (Å²) in [5, 5.41) is 0.702. The molecular weight excluding hydrogens is 348 g/mol. The van der Waals surface area contributed by atoms with Gasteiger partial charge in [-0.05, 0) is 31.0 Å². The first kappa shape index (κ1) is 19.2. The number of hydrogen-bond donors (Lipinski definition) is 1. The van der Waals surface area contributed by atoms with Crippen molar-refractivity contribution in [3.63, 3.8) is 0 Å². The quantitative estimate of drug-likeness (QED) is 0.805. The third kappa shape index (κ3) is 4.04. The summed E-state index contributed by atoms with van der Waals surface area (Å²) < 4.78 is 0. The molecule has 1 aromatic heterocycles. The maximum atomic E-state index is 12.5. The van der Waals surface area contributed by atoms with Crippen molar-refractivity contribution in [2.45, 2.75) is 47.1 Å². The van der Waals surface area contributed by atoms with Gasteiger partial charge in [0.25, 0.3) is 0 Å². The lowest BCUT2D eigenvalue weighted by Crippen LogP contribution is -2.51. The minimum atomic E-state index is -0.0623. The first-order valence-electron chi connectivity index (χ1n) is 9.39. The number of benzene rings is 1. The van der Waals surface area contributed by atoms with E-state index in [-0.39, 0.29) is 11.2 Å². The fourth-order valence-corrected chi connectivity index (χ4v) is 3.89. The summed E-state index contributed by atoms with van der Waals surface area (Å²) in [7, 11) is 0. The molecule has 0 radical (unpaired) electrons. The van der Waals surface area contributed by atoms with Crippen molar-refractivity contribution in [1.82, 2.24) is 14.9 Å². The van der Waals surface area contributed by atoms with E-state index < -0.39 is 0 Å². The Kier molecular flexibility index (Phi) is 5.31. The minimum Gasteiger partial charge on any atom is -0.365 e. The lowest BCUT2D eigenvalue weighted by Gasteiger charge is -2.41. The van der Waals surface area contributed by atoms with Gasteiger partial charge in [0, 0.05) is 32.1 Å². The number of aromatic nitrogens is 2. The zero-order valence-corrected chi connectivity index (χ0v) is 17.2. The highest BCUT2D eigenvalue weighted by Gasteiger charge is 2.26. The Labute approximate surface area is 160 Å². The van der Waals surface area contributed by atoms with Crippen LogP contribution < -0.4 is 4.90 Å². The molecule has 26 heavy (non-hydrogen) atoms. The molecule has 1 N–H and O–H groups in total. The average molecular weight is 377 g/mol. The highest BCUT2D eigenvalue weighted by Crippen LogP contribution is 2.33. The number of aromatic amines is 1. The first-order valence-corrected chi connectivity index (χ1v) is 9.77. The summed E-state index contributed by atoms with van der Waals surface area (Å²) in [6.45, 7) is 14.7. The van der Waals surface area contributed by atoms with Crippen LogP contribution in [-0.4, -0.2) is 52.9 Å². The first-order chi connectivity index (χ1) is 12.2. The minimum absolute atomic E-state index is 0.0382. The van der Waals surface area contributed by atoms with Crippen molar-refractivity contribution >= 4 is 34.1 Å². The van der Waals surface area contributed by atoms with Crippen LogP contribution in [0.1, 0.15) is 51.7 Å². The van der Waals surface area contributed by atoms with E-state index in [1.807, 2.05) is 12.1 Å². The summed E-state index contributed by atoms with van der Waals surface area (Å²) in [5.41, 5.74) is 2.55. The molecule has 0 saturated carbocycles. The van der Waals surface area contributed by atoms with Gasteiger partial charge in [0.1, 0.15) is 0 Å². The molecule has 142 valence electrons. The molecule has 2 aromatic rings. The van der Waals surface area contributed by atoms with Crippen molar-refractivity contribution in [2.75, 3.05) is 31.1 Å². The number of hydrogen-bond acceptors (Lipinski definition) is 4. The molecule has 1 saturated heterocycles. The molecule has 1 unspecified atom stereocenters. The van der Waals surface area contributed by atoms with Crippen molar-refractivity contribution in [3.05, 3.63) is 23.0 Å². The maximum Gasteiger partial charge on any atom is 0.198 e. The topological polar surface area (TPSA) is 52.2 Å². The lowest BCUT2D eigenvalue weighted by molar-refractivity contribution is 0.0931. The van der Waals surface area contributed by atoms with Crippen LogP contribution in [0.2, 0.25) is 5.02 Å². The van der Waals surface area contributed by atoms with Gasteiger partial charge >= 0.3 is 0 Å². The second-order valence-corrected chi connectivity index (χ2v) is 8.91. The monoisotopic (exact) mass is 376 g/mol. The highest BCUT2D eigenvalue weighted by molar-refractivity contribution is 6.34. The molecule has 0 amide bonds. The van der Waals surface area contributed by atoms with E-state index in [0.717, 1.165) is 42.9 Å². The van der Waals surface area contributed by atoms with E-state index in [4.69, 9.17) is 11.6 Å². The number of likely N-dealkylation sites (N-methyl/N-ethyl adjacent to an activating group) is 1. The maximum absolute atomic E-state index is 12.5. The molecule has 5 nitrogen and oxygen atoms in total. The number of imidazole rings is 1. The van der Waals surface area contributed by atoms with E-state index in [2.05, 4.69) is 54.4 Å². The number of nitrogens with one attached hydrogen (secondary N) is 1. The third-order valence-electron chi connectivity index (χ3n) is 4.97. The Bertz CT molecular complexity index is 808. The predicted molar refractivity (Wildman–Crippen MR) is 108 cm³/mol. The number of nitrogens with zero attached hydrogens (tertiary/aromatic N) is 3. The van der Waals surface area contributed by atoms with E-state index in [9.17, 15) is 4.79 Å². The molecule has 1 fully saturated rings. The van der Waals surface area contributed by atoms with Crippen molar-refractivity contribution < 1.29 is 4.79 Å². The van der Waals surface area contributed by atoms with Gasteiger partial charge in [-0.3, -0.25) is 9.69 Å². The zero-order valence-electron chi connectivity index (χ0n) is 16.4. The number of piperazine rings is 1. The summed E-state index contributed by atoms with van der Waals surface area (Å²) >= 11 is 6.58. The van der Waals surface area contributed by atoms with Crippen LogP contribution in [0.3, 0.4) is 0 Å². The van der Waals surface area contributed by atoms with Gasteiger partial charge in [-0.1, -0.05) is 39.3 Å². The predicted octanol–water partition coefficient (Wildman–Crippen LogP) is 4.37. The smallest absolute Gasteiger partial charge is 0.198 e. The number of anilines is 1. The molecule has 1 aliphatic heterocycles. The number of rotatable bonds is 4. The Balaban J connectivity index is 1.89. The van der Waals surface area contributed by atoms with Crippen LogP contribution in [0.4, 0.5) is 5.69 Å². The summed E-state index contributed by atoms with van der Waals surface area (Å²) in [6, 6.07) is 4.30. The Morgan fingerprint density at radius 1 is 1.35 bits per heavy atom. The van der Waals surface area contributed by atoms with Crippen molar-refractivity contribution in [2.24, 2.45) is 5.41 Å². The molecule has 2 heterocycles. The van der Waals surface area contributed by atoms with Gasteiger partial charge in [0.15, 0.2) is 11.6 Å². The zero-order chi connectivity index (χ0) is 19.1. The Morgan fingerprint density at radius 3 is 2.69 bits per heavy atom. The largest absolute Gasteiger partial charge is 0.365 e. The molecule has 0 bridgehead atoms. The van der Waals surface area contributed by atoms with Crippen LogP contribution in [0.5, 0.6) is 0 Å². The Hall–Kier alpha value is -1.59. The number of carbonyl (C=O) groups excluding carboxylic acids is 1. The van der Waals surface area contributed by atoms with Gasteiger partial charge in [0.05, 0.1) is 21.7 Å². The third-order valence-corrected chi connectivity index (χ3v) is 5.28. The summed E-state index contributed by atoms with van der Waals surface area (Å²) in [5.74, 6) is 0.461. The Morgan fingerprint density at radius 2 is 2.08 bits per heavy atom. The molecular formula is C20H29ClN4O. The number of ketones is 1. The number of Topliss-reactive ketones (excluding diaryl/α,β-unsaturated/α-hetero) is 1. The molecule has 6 heteroatoms. The molecule has 3 rings (SSSR count). The molecule has 1 aliphatic rings. The van der Waals surface area contributed by atoms with Crippen LogP contribution in [0, 0.1) is 5.41 Å². The fourth-order valence-electron chi connectivity index (χ4n) is 3.62. The normalized spacial score (nSPS) is 19.3. The van der Waals surface area contributed by atoms with Gasteiger partial charge in [-0.15, -0.1) is 0 Å². The molecule has 0 spiro atoms. The van der Waals surface area contributed by atoms with Crippen LogP contribution in [0.15, 0.2) is 12.1 Å². The van der Waals surface area contributed by atoms with Gasteiger partial charge in [-0.25, -0.2) is 4.98 Å². The van der Waals surface area contributed by atoms with Gasteiger partial charge < -0.3 is 9.88 Å². The molecule has 0 aliphatic carbocycles. The van der Waals surface area contributed by atoms with Crippen LogP contribution >= 0.6 is 11.6 Å². The van der Waals surface area contributed by atoms with E-state index in [1.54, 1.807) is 0 Å². The van der Waals surface area contributed by atoms with Crippen LogP contribution in [0.25, 0.3) is 11.0 Å². The standard InChI is InChI=1S/C20H29ClN4O/c1-6-24-7-8-25(13(2)12-24)17-10-16-15(9-14(17)21)22-19(23-16)18(26)11-20(3,4)5/h9-10,13H,6-8,11-12H2,1-5H3,(H,22,23). The van der Waals surface area contributed by atoms with E-state index >= 15 is 0 Å². The van der Waals surface area contributed by atoms with Crippen molar-refractivity contribution in [1.29, 1.82) is 0 Å². The highest BCUT2D eigenvalue weighted by atomic mass is 35.5. The lowest BCUT2D eigenvalue weighted by atomic mass is 9.90. The van der Waals surface area contributed by atoms with E-state index in [0.29, 0.717) is 23.3 Å². The number of carbonyl (C=O) groups is 1. The average Bonchev–Trinajstić information content (AvgIpc) is 2.95. The van der Waals surface area contributed by atoms with Gasteiger partial charge in [0.2, 0.25) is 0 Å². The number of H-pyrrole nitrogens is 1. The number of fused-ring (bicyclic) bond motifs is 1. The second kappa shape index (κ2) is 7.20. The number of halogens is 1. The molecule has 1 aromatic carbocycles. The summed E-state index contributed by atoms with van der Waals surface area (Å²) in [6.07, 6.45) is 0.462. The second-order valence-electron chi connectivity index (χ2n) is 8.50. The van der Waals surface area contributed by atoms with Crippen LogP contribution in [-0.2, 0) is 0 Å². The van der Waals surface area contributed by atoms with E-state index in [1.165, 1.54) is 0 Å². The SMILES string of the molecule is CCN1CCN(c2cc3nc(C(=O)CC(C)(C)C)[nH]c3cc2Cl)C(C)C1.